The van der Waals surface area contributed by atoms with E-state index in [1.165, 1.54) is 11.1 Å². The zero-order valence-corrected chi connectivity index (χ0v) is 19.3. The zero-order valence-electron chi connectivity index (χ0n) is 19.3. The van der Waals surface area contributed by atoms with Crippen LogP contribution < -0.4 is 4.90 Å². The van der Waals surface area contributed by atoms with Crippen LogP contribution in [0.4, 0.5) is 17.1 Å². The van der Waals surface area contributed by atoms with Gasteiger partial charge in [0.2, 0.25) is 0 Å². The highest BCUT2D eigenvalue weighted by Crippen LogP contribution is 2.36. The number of carboxylic acid groups (broad SMARTS) is 1. The van der Waals surface area contributed by atoms with Gasteiger partial charge in [-0.05, 0) is 72.5 Å². The standard InChI is InChI=1S/C31H27NO2/c1-23-8-20-30(24(2)22-23)32(28-6-4-3-5-7-28)29-18-15-27(16-19-29)14-11-25-9-12-26(13-10-25)17-21-31(33)34/h3-22H,1-2H3,(H,33,34)/b14-11?,21-17+. The lowest BCUT2D eigenvalue weighted by Crippen LogP contribution is -2.11. The van der Waals surface area contributed by atoms with Gasteiger partial charge < -0.3 is 10.0 Å². The van der Waals surface area contributed by atoms with Crippen molar-refractivity contribution in [2.75, 3.05) is 4.90 Å². The van der Waals surface area contributed by atoms with Crippen molar-refractivity contribution < 1.29 is 9.90 Å². The fourth-order valence-electron chi connectivity index (χ4n) is 3.87. The van der Waals surface area contributed by atoms with Crippen LogP contribution in [0.25, 0.3) is 18.2 Å². The molecule has 1 N–H and O–H groups in total. The van der Waals surface area contributed by atoms with Crippen molar-refractivity contribution in [2.45, 2.75) is 13.8 Å². The van der Waals surface area contributed by atoms with E-state index in [4.69, 9.17) is 5.11 Å². The molecular formula is C31H27NO2. The summed E-state index contributed by atoms with van der Waals surface area (Å²) >= 11 is 0. The van der Waals surface area contributed by atoms with Gasteiger partial charge in [0.1, 0.15) is 0 Å². The molecule has 4 aromatic carbocycles. The number of rotatable bonds is 7. The Morgan fingerprint density at radius 1 is 0.676 bits per heavy atom. The highest BCUT2D eigenvalue weighted by Gasteiger charge is 2.14. The van der Waals surface area contributed by atoms with Gasteiger partial charge in [0.05, 0.1) is 0 Å². The van der Waals surface area contributed by atoms with Gasteiger partial charge in [0, 0.05) is 23.1 Å². The Hall–Kier alpha value is -4.37. The summed E-state index contributed by atoms with van der Waals surface area (Å²) < 4.78 is 0. The first-order chi connectivity index (χ1) is 16.5. The normalized spacial score (nSPS) is 11.2. The number of hydrogen-bond donors (Lipinski definition) is 1. The monoisotopic (exact) mass is 445 g/mol. The number of anilines is 3. The molecule has 0 radical (unpaired) electrons. The Bertz CT molecular complexity index is 1320. The van der Waals surface area contributed by atoms with Crippen molar-refractivity contribution in [1.82, 2.24) is 0 Å². The van der Waals surface area contributed by atoms with Gasteiger partial charge in [-0.1, -0.05) is 84.4 Å². The zero-order chi connectivity index (χ0) is 23.9. The molecular weight excluding hydrogens is 418 g/mol. The van der Waals surface area contributed by atoms with E-state index in [9.17, 15) is 4.79 Å². The predicted octanol–water partition coefficient (Wildman–Crippen LogP) is 8.04. The molecule has 0 aliphatic carbocycles. The largest absolute Gasteiger partial charge is 0.478 e. The van der Waals surface area contributed by atoms with Gasteiger partial charge in [-0.2, -0.15) is 0 Å². The van der Waals surface area contributed by atoms with E-state index in [1.807, 2.05) is 30.3 Å². The van der Waals surface area contributed by atoms with Crippen molar-refractivity contribution in [1.29, 1.82) is 0 Å². The van der Waals surface area contributed by atoms with Crippen LogP contribution in [0.15, 0.2) is 103 Å². The van der Waals surface area contributed by atoms with Gasteiger partial charge in [-0.25, -0.2) is 4.79 Å². The summed E-state index contributed by atoms with van der Waals surface area (Å²) in [6.45, 7) is 4.27. The van der Waals surface area contributed by atoms with Crippen LogP contribution in [0.5, 0.6) is 0 Å². The average Bonchev–Trinajstić information content (AvgIpc) is 2.85. The Morgan fingerprint density at radius 2 is 1.21 bits per heavy atom. The molecule has 0 saturated heterocycles. The van der Waals surface area contributed by atoms with Crippen LogP contribution in [0.3, 0.4) is 0 Å². The van der Waals surface area contributed by atoms with E-state index >= 15 is 0 Å². The summed E-state index contributed by atoms with van der Waals surface area (Å²) in [5, 5.41) is 8.75. The first-order valence-corrected chi connectivity index (χ1v) is 11.2. The third-order valence-electron chi connectivity index (χ3n) is 5.58. The van der Waals surface area contributed by atoms with Gasteiger partial charge in [0.25, 0.3) is 0 Å². The minimum atomic E-state index is -0.948. The third-order valence-corrected chi connectivity index (χ3v) is 5.58. The lowest BCUT2D eigenvalue weighted by molar-refractivity contribution is -0.131. The van der Waals surface area contributed by atoms with Gasteiger partial charge >= 0.3 is 5.97 Å². The number of aliphatic carboxylic acids is 1. The Labute approximate surface area is 200 Å². The lowest BCUT2D eigenvalue weighted by atomic mass is 10.1. The molecule has 4 rings (SSSR count). The summed E-state index contributed by atoms with van der Waals surface area (Å²) in [5.41, 5.74) is 8.88. The topological polar surface area (TPSA) is 40.5 Å². The van der Waals surface area contributed by atoms with E-state index < -0.39 is 5.97 Å². The van der Waals surface area contributed by atoms with Crippen molar-refractivity contribution in [3.05, 3.63) is 131 Å². The molecule has 0 bridgehead atoms. The molecule has 0 heterocycles. The summed E-state index contributed by atoms with van der Waals surface area (Å²) in [7, 11) is 0. The molecule has 0 unspecified atom stereocenters. The molecule has 34 heavy (non-hydrogen) atoms. The SMILES string of the molecule is Cc1ccc(N(c2ccccc2)c2ccc(C=Cc3ccc(/C=C/C(=O)O)cc3)cc2)c(C)c1. The number of nitrogens with zero attached hydrogens (tertiary/aromatic N) is 1. The third kappa shape index (κ3) is 5.70. The second-order valence-electron chi connectivity index (χ2n) is 8.22. The van der Waals surface area contributed by atoms with Crippen LogP contribution >= 0.6 is 0 Å². The number of aryl methyl sites for hydroxylation is 2. The maximum absolute atomic E-state index is 10.7. The number of carboxylic acids is 1. The fourth-order valence-corrected chi connectivity index (χ4v) is 3.87. The minimum Gasteiger partial charge on any atom is -0.478 e. The number of benzene rings is 4. The van der Waals surface area contributed by atoms with E-state index in [2.05, 4.69) is 97.6 Å². The molecule has 3 heteroatoms. The maximum Gasteiger partial charge on any atom is 0.328 e. The molecule has 3 nitrogen and oxygen atoms in total. The first-order valence-electron chi connectivity index (χ1n) is 11.2. The summed E-state index contributed by atoms with van der Waals surface area (Å²) in [4.78, 5) is 12.9. The van der Waals surface area contributed by atoms with Crippen LogP contribution in [-0.4, -0.2) is 11.1 Å². The number of carbonyl (C=O) groups is 1. The van der Waals surface area contributed by atoms with E-state index in [0.717, 1.165) is 39.8 Å². The fraction of sp³-hybridized carbons (Fsp3) is 0.0645. The molecule has 0 aliphatic heterocycles. The van der Waals surface area contributed by atoms with Crippen LogP contribution in [0.2, 0.25) is 0 Å². The Kier molecular flexibility index (Phi) is 7.04. The number of para-hydroxylation sites is 1. The van der Waals surface area contributed by atoms with Crippen molar-refractivity contribution >= 4 is 41.3 Å². The first kappa shape index (κ1) is 22.8. The van der Waals surface area contributed by atoms with Crippen LogP contribution in [0.1, 0.15) is 27.8 Å². The van der Waals surface area contributed by atoms with E-state index in [-0.39, 0.29) is 0 Å². The molecule has 0 aromatic heterocycles. The van der Waals surface area contributed by atoms with Gasteiger partial charge in [-0.3, -0.25) is 0 Å². The van der Waals surface area contributed by atoms with E-state index in [1.54, 1.807) is 6.08 Å². The lowest BCUT2D eigenvalue weighted by Gasteiger charge is -2.27. The highest BCUT2D eigenvalue weighted by atomic mass is 16.4. The van der Waals surface area contributed by atoms with Crippen molar-refractivity contribution in [3.8, 4) is 0 Å². The second kappa shape index (κ2) is 10.5. The molecule has 0 saturated carbocycles. The Morgan fingerprint density at radius 3 is 1.76 bits per heavy atom. The Balaban J connectivity index is 1.57. The van der Waals surface area contributed by atoms with Crippen molar-refractivity contribution in [3.63, 3.8) is 0 Å². The molecule has 0 amide bonds. The predicted molar refractivity (Wildman–Crippen MR) is 143 cm³/mol. The van der Waals surface area contributed by atoms with E-state index in [0.29, 0.717) is 0 Å². The molecule has 4 aromatic rings. The van der Waals surface area contributed by atoms with Crippen molar-refractivity contribution in [2.24, 2.45) is 0 Å². The minimum absolute atomic E-state index is 0.858. The molecule has 0 atom stereocenters. The molecule has 0 fully saturated rings. The van der Waals surface area contributed by atoms with Crippen LogP contribution in [0, 0.1) is 13.8 Å². The molecule has 0 aliphatic rings. The van der Waals surface area contributed by atoms with Gasteiger partial charge in [0.15, 0.2) is 0 Å². The van der Waals surface area contributed by atoms with Crippen LogP contribution in [-0.2, 0) is 4.79 Å². The summed E-state index contributed by atoms with van der Waals surface area (Å²) in [6, 6.07) is 33.3. The maximum atomic E-state index is 10.7. The van der Waals surface area contributed by atoms with Gasteiger partial charge in [-0.15, -0.1) is 0 Å². The molecule has 168 valence electrons. The second-order valence-corrected chi connectivity index (χ2v) is 8.22. The quantitative estimate of drug-likeness (QED) is 0.231. The highest BCUT2D eigenvalue weighted by molar-refractivity contribution is 5.85. The summed E-state index contributed by atoms with van der Waals surface area (Å²) in [5.74, 6) is -0.948. The summed E-state index contributed by atoms with van der Waals surface area (Å²) in [6.07, 6.45) is 6.86. The smallest absolute Gasteiger partial charge is 0.328 e. The number of hydrogen-bond acceptors (Lipinski definition) is 2. The average molecular weight is 446 g/mol. The molecule has 0 spiro atoms.